The minimum Gasteiger partial charge on any atom is -0.477 e. The molecule has 1 saturated heterocycles. The SMILES string of the molecule is CC(=O)c1ccc(-c2nc(N3C[C@@H]4C(NC(=O)c5[nH]c(C)c(Cl)c5Cl)[C@@H]4C3)sc2C(=O)O)s1. The number of nitrogens with one attached hydrogen (secondary N) is 2. The second-order valence-corrected chi connectivity index (χ2v) is 11.0. The van der Waals surface area contributed by atoms with Gasteiger partial charge in [0.1, 0.15) is 16.3 Å². The number of thiazole rings is 1. The Bertz CT molecular complexity index is 1300. The van der Waals surface area contributed by atoms with Gasteiger partial charge in [-0.05, 0) is 26.0 Å². The molecule has 0 bridgehead atoms. The van der Waals surface area contributed by atoms with Crippen LogP contribution in [0.5, 0.6) is 0 Å². The average molecular weight is 525 g/mol. The Kier molecular flexibility index (Phi) is 5.51. The number of anilines is 1. The van der Waals surface area contributed by atoms with Crippen molar-refractivity contribution in [2.75, 3.05) is 18.0 Å². The van der Waals surface area contributed by atoms with Crippen LogP contribution in [0, 0.1) is 18.8 Å². The van der Waals surface area contributed by atoms with Crippen LogP contribution in [0.15, 0.2) is 12.1 Å². The van der Waals surface area contributed by atoms with Gasteiger partial charge in [-0.3, -0.25) is 9.59 Å². The summed E-state index contributed by atoms with van der Waals surface area (Å²) < 4.78 is 0. The summed E-state index contributed by atoms with van der Waals surface area (Å²) >= 11 is 14.6. The Morgan fingerprint density at radius 3 is 2.42 bits per heavy atom. The number of carbonyl (C=O) groups excluding carboxylic acids is 2. The van der Waals surface area contributed by atoms with Crippen molar-refractivity contribution in [1.29, 1.82) is 0 Å². The fraction of sp³-hybridized carbons (Fsp3) is 0.333. The molecule has 1 unspecified atom stereocenters. The molecule has 3 atom stereocenters. The number of rotatable bonds is 6. The predicted molar refractivity (Wildman–Crippen MR) is 128 cm³/mol. The third-order valence-corrected chi connectivity index (χ3v) is 9.28. The second-order valence-electron chi connectivity index (χ2n) is 8.18. The number of hydrogen-bond donors (Lipinski definition) is 3. The van der Waals surface area contributed by atoms with Crippen LogP contribution in [-0.2, 0) is 0 Å². The number of amides is 1. The molecule has 4 heterocycles. The number of halogens is 2. The highest BCUT2D eigenvalue weighted by molar-refractivity contribution is 7.20. The van der Waals surface area contributed by atoms with Crippen LogP contribution in [-0.4, -0.2) is 51.9 Å². The van der Waals surface area contributed by atoms with E-state index < -0.39 is 5.97 Å². The molecule has 1 amide bonds. The van der Waals surface area contributed by atoms with Crippen LogP contribution in [0.2, 0.25) is 10.0 Å². The summed E-state index contributed by atoms with van der Waals surface area (Å²) in [6, 6.07) is 3.46. The van der Waals surface area contributed by atoms with Gasteiger partial charge in [-0.25, -0.2) is 9.78 Å². The lowest BCUT2D eigenvalue weighted by atomic mass is 10.3. The molecule has 3 aromatic rings. The quantitative estimate of drug-likeness (QED) is 0.406. The number of carboxylic acid groups (broad SMARTS) is 1. The minimum absolute atomic E-state index is 0.0287. The molecular formula is C21H18Cl2N4O4S2. The zero-order chi connectivity index (χ0) is 23.6. The summed E-state index contributed by atoms with van der Waals surface area (Å²) in [5.74, 6) is -0.885. The highest BCUT2D eigenvalue weighted by Crippen LogP contribution is 2.48. The first-order valence-corrected chi connectivity index (χ1v) is 12.5. The molecule has 1 aliphatic heterocycles. The molecule has 33 heavy (non-hydrogen) atoms. The highest BCUT2D eigenvalue weighted by Gasteiger charge is 2.57. The number of thiophene rings is 1. The molecule has 3 N–H and O–H groups in total. The fourth-order valence-electron chi connectivity index (χ4n) is 4.26. The summed E-state index contributed by atoms with van der Waals surface area (Å²) in [4.78, 5) is 47.0. The van der Waals surface area contributed by atoms with Crippen molar-refractivity contribution in [1.82, 2.24) is 15.3 Å². The van der Waals surface area contributed by atoms with Crippen molar-refractivity contribution in [2.24, 2.45) is 11.8 Å². The number of aromatic amines is 1. The molecule has 2 aliphatic rings. The standard InChI is InChI=1S/C21H18Cl2N4O4S2/c1-7-13(22)14(23)17(24-7)19(29)25-15-9-5-27(6-10(9)15)21-26-16(18(33-21)20(30)31)12-4-3-11(32-12)8(2)28/h3-4,9-10,15,24H,5-6H2,1-2H3,(H,25,29)(H,30,31)/t9-,10+,15?. The molecular weight excluding hydrogens is 507 g/mol. The van der Waals surface area contributed by atoms with E-state index in [9.17, 15) is 19.5 Å². The van der Waals surface area contributed by atoms with E-state index in [4.69, 9.17) is 23.2 Å². The molecule has 0 radical (unpaired) electrons. The molecule has 5 rings (SSSR count). The maximum Gasteiger partial charge on any atom is 0.348 e. The Morgan fingerprint density at radius 2 is 1.88 bits per heavy atom. The zero-order valence-corrected chi connectivity index (χ0v) is 20.6. The number of aromatic carboxylic acids is 1. The van der Waals surface area contributed by atoms with Crippen LogP contribution in [0.1, 0.15) is 42.4 Å². The van der Waals surface area contributed by atoms with Gasteiger partial charge in [-0.15, -0.1) is 11.3 Å². The number of carbonyl (C=O) groups is 3. The Balaban J connectivity index is 1.28. The topological polar surface area (TPSA) is 115 Å². The van der Waals surface area contributed by atoms with Crippen LogP contribution in [0.3, 0.4) is 0 Å². The molecule has 8 nitrogen and oxygen atoms in total. The van der Waals surface area contributed by atoms with Crippen molar-refractivity contribution in [3.63, 3.8) is 0 Å². The lowest BCUT2D eigenvalue weighted by Crippen LogP contribution is -2.34. The van der Waals surface area contributed by atoms with E-state index in [0.29, 0.717) is 44.4 Å². The fourth-order valence-corrected chi connectivity index (χ4v) is 6.57. The van der Waals surface area contributed by atoms with Crippen LogP contribution >= 0.6 is 45.9 Å². The van der Waals surface area contributed by atoms with Crippen molar-refractivity contribution in [3.8, 4) is 10.6 Å². The summed E-state index contributed by atoms with van der Waals surface area (Å²) in [7, 11) is 0. The van der Waals surface area contributed by atoms with Gasteiger partial charge in [0, 0.05) is 36.7 Å². The lowest BCUT2D eigenvalue weighted by molar-refractivity contribution is 0.0702. The third-order valence-electron chi connectivity index (χ3n) is 6.04. The van der Waals surface area contributed by atoms with Gasteiger partial charge in [-0.1, -0.05) is 34.5 Å². The van der Waals surface area contributed by atoms with Crippen LogP contribution in [0.25, 0.3) is 10.6 Å². The first kappa shape index (κ1) is 22.4. The molecule has 3 aromatic heterocycles. The lowest BCUT2D eigenvalue weighted by Gasteiger charge is -2.19. The van der Waals surface area contributed by atoms with Crippen molar-refractivity contribution in [2.45, 2.75) is 19.9 Å². The van der Waals surface area contributed by atoms with Gasteiger partial charge in [0.2, 0.25) is 0 Å². The summed E-state index contributed by atoms with van der Waals surface area (Å²) in [6.45, 7) is 4.57. The first-order valence-electron chi connectivity index (χ1n) is 10.1. The van der Waals surface area contributed by atoms with Gasteiger partial charge in [0.15, 0.2) is 10.9 Å². The summed E-state index contributed by atoms with van der Waals surface area (Å²) in [5, 5.41) is 13.9. The summed E-state index contributed by atoms with van der Waals surface area (Å²) in [6.07, 6.45) is 0. The van der Waals surface area contributed by atoms with E-state index in [-0.39, 0.29) is 45.2 Å². The Labute approximate surface area is 206 Å². The summed E-state index contributed by atoms with van der Waals surface area (Å²) in [5.41, 5.74) is 1.29. The van der Waals surface area contributed by atoms with Gasteiger partial charge in [-0.2, -0.15) is 0 Å². The molecule has 172 valence electrons. The second kappa shape index (κ2) is 8.12. The van der Waals surface area contributed by atoms with E-state index in [1.165, 1.54) is 18.3 Å². The number of aryl methyl sites for hydroxylation is 1. The molecule has 12 heteroatoms. The number of aromatic nitrogens is 2. The number of nitrogens with zero attached hydrogens (tertiary/aromatic N) is 2. The monoisotopic (exact) mass is 524 g/mol. The molecule has 1 saturated carbocycles. The number of H-pyrrole nitrogens is 1. The predicted octanol–water partition coefficient (Wildman–Crippen LogP) is 4.58. The van der Waals surface area contributed by atoms with Crippen molar-refractivity contribution in [3.05, 3.63) is 43.3 Å². The van der Waals surface area contributed by atoms with Crippen molar-refractivity contribution >= 4 is 68.7 Å². The third kappa shape index (κ3) is 3.84. The Hall–Kier alpha value is -2.40. The van der Waals surface area contributed by atoms with E-state index in [1.807, 2.05) is 0 Å². The van der Waals surface area contributed by atoms with Crippen LogP contribution in [0.4, 0.5) is 5.13 Å². The van der Waals surface area contributed by atoms with Gasteiger partial charge < -0.3 is 20.3 Å². The Morgan fingerprint density at radius 1 is 1.18 bits per heavy atom. The van der Waals surface area contributed by atoms with Gasteiger partial charge in [0.25, 0.3) is 5.91 Å². The molecule has 1 aliphatic carbocycles. The molecule has 0 aromatic carbocycles. The normalized spacial score (nSPS) is 21.2. The van der Waals surface area contributed by atoms with E-state index in [1.54, 1.807) is 19.1 Å². The van der Waals surface area contributed by atoms with E-state index in [2.05, 4.69) is 20.2 Å². The number of ketones is 1. The largest absolute Gasteiger partial charge is 0.477 e. The van der Waals surface area contributed by atoms with E-state index in [0.717, 1.165) is 11.3 Å². The van der Waals surface area contributed by atoms with Gasteiger partial charge >= 0.3 is 5.97 Å². The number of Topliss-reactive ketones (excluding diaryl/α,β-unsaturated/α-hetero) is 1. The zero-order valence-electron chi connectivity index (χ0n) is 17.4. The number of fused-ring (bicyclic) bond motifs is 1. The smallest absolute Gasteiger partial charge is 0.348 e. The number of hydrogen-bond acceptors (Lipinski definition) is 7. The molecule has 2 fully saturated rings. The average Bonchev–Trinajstić information content (AvgIpc) is 3.33. The van der Waals surface area contributed by atoms with Crippen LogP contribution < -0.4 is 10.2 Å². The van der Waals surface area contributed by atoms with Gasteiger partial charge in [0.05, 0.1) is 19.8 Å². The van der Waals surface area contributed by atoms with Crippen molar-refractivity contribution < 1.29 is 19.5 Å². The minimum atomic E-state index is -1.04. The molecule has 0 spiro atoms. The maximum absolute atomic E-state index is 12.6. The van der Waals surface area contributed by atoms with E-state index >= 15 is 0 Å². The number of carboxylic acids is 1. The highest BCUT2D eigenvalue weighted by atomic mass is 35.5. The number of piperidine rings is 1. The maximum atomic E-state index is 12.6. The first-order chi connectivity index (χ1) is 15.7.